The maximum Gasteiger partial charge on any atom is 0.161 e. The van der Waals surface area contributed by atoms with Gasteiger partial charge < -0.3 is 15.4 Å². The molecule has 0 fully saturated rings. The van der Waals surface area contributed by atoms with E-state index in [0.29, 0.717) is 0 Å². The van der Waals surface area contributed by atoms with Crippen molar-refractivity contribution in [3.63, 3.8) is 0 Å². The Kier molecular flexibility index (Phi) is 5.07. The molecule has 0 saturated heterocycles. The van der Waals surface area contributed by atoms with Gasteiger partial charge in [-0.15, -0.1) is 0 Å². The minimum Gasteiger partial charge on any atom is -0.496 e. The number of aryl methyl sites for hydroxylation is 4. The molecule has 0 spiro atoms. The summed E-state index contributed by atoms with van der Waals surface area (Å²) in [5.74, 6) is 3.30. The van der Waals surface area contributed by atoms with E-state index in [-0.39, 0.29) is 0 Å². The van der Waals surface area contributed by atoms with Gasteiger partial charge in [0.05, 0.1) is 24.2 Å². The maximum atomic E-state index is 5.48. The van der Waals surface area contributed by atoms with E-state index in [0.717, 1.165) is 63.0 Å². The Morgan fingerprint density at radius 3 is 2.53 bits per heavy atom. The Balaban J connectivity index is 1.74. The third kappa shape index (κ3) is 3.34. The van der Waals surface area contributed by atoms with Crippen LogP contribution in [0.1, 0.15) is 23.6 Å². The largest absolute Gasteiger partial charge is 0.496 e. The molecule has 1 aromatic carbocycles. The van der Waals surface area contributed by atoms with Gasteiger partial charge in [-0.25, -0.2) is 4.98 Å². The quantitative estimate of drug-likeness (QED) is 0.488. The molecule has 3 heterocycles. The molecule has 0 aliphatic heterocycles. The van der Waals surface area contributed by atoms with Gasteiger partial charge in [0, 0.05) is 42.7 Å². The number of ether oxygens (including phenoxy) is 1. The summed E-state index contributed by atoms with van der Waals surface area (Å²) in [4.78, 5) is 4.62. The van der Waals surface area contributed by atoms with Crippen molar-refractivity contribution in [2.24, 2.45) is 7.05 Å². The Morgan fingerprint density at radius 2 is 1.87 bits per heavy atom. The van der Waals surface area contributed by atoms with Crippen molar-refractivity contribution < 1.29 is 4.74 Å². The number of hydrogen-bond donors (Lipinski definition) is 2. The first kappa shape index (κ1) is 19.8. The molecule has 30 heavy (non-hydrogen) atoms. The second kappa shape index (κ2) is 7.70. The van der Waals surface area contributed by atoms with Crippen molar-refractivity contribution in [3.8, 4) is 5.75 Å². The zero-order valence-electron chi connectivity index (χ0n) is 18.2. The number of fused-ring (bicyclic) bond motifs is 1. The van der Waals surface area contributed by atoms with Crippen LogP contribution >= 0.6 is 0 Å². The highest BCUT2D eigenvalue weighted by Gasteiger charge is 2.16. The fourth-order valence-electron chi connectivity index (χ4n) is 3.68. The summed E-state index contributed by atoms with van der Waals surface area (Å²) in [7, 11) is 3.59. The zero-order valence-corrected chi connectivity index (χ0v) is 18.2. The molecule has 0 atom stereocenters. The van der Waals surface area contributed by atoms with Gasteiger partial charge in [0.25, 0.3) is 0 Å². The molecule has 156 valence electrons. The minimum absolute atomic E-state index is 0.752. The fourth-order valence-corrected chi connectivity index (χ4v) is 3.68. The first-order valence-electron chi connectivity index (χ1n) is 9.96. The summed E-state index contributed by atoms with van der Waals surface area (Å²) in [6, 6.07) is 6.05. The molecule has 0 unspecified atom stereocenters. The normalized spacial score (nSPS) is 11.1. The van der Waals surface area contributed by atoms with Gasteiger partial charge in [-0.05, 0) is 39.3 Å². The number of aromatic nitrogens is 5. The number of benzene rings is 1. The number of pyridine rings is 1. The number of methoxy groups -OCH3 is 1. The summed E-state index contributed by atoms with van der Waals surface area (Å²) in [5.41, 5.74) is 5.26. The lowest BCUT2D eigenvalue weighted by Gasteiger charge is -2.14. The minimum atomic E-state index is 0.752. The van der Waals surface area contributed by atoms with Gasteiger partial charge in [-0.3, -0.25) is 9.36 Å². The van der Waals surface area contributed by atoms with Crippen molar-refractivity contribution in [1.82, 2.24) is 24.5 Å². The predicted molar refractivity (Wildman–Crippen MR) is 120 cm³/mol. The standard InChI is InChI=1S/C22H27N7O/c1-7-29-17-10-19(25-22-14(3)11-24-28(22)5)23-12-16(17)21(27-29)26-20-13(2)8-9-18(30-6)15(20)4/h8-12H,7H2,1-6H3,(H,23,25)(H,26,27). The van der Waals surface area contributed by atoms with Gasteiger partial charge in [0.2, 0.25) is 0 Å². The third-order valence-electron chi connectivity index (χ3n) is 5.39. The van der Waals surface area contributed by atoms with Crippen molar-refractivity contribution >= 4 is 34.0 Å². The van der Waals surface area contributed by atoms with E-state index >= 15 is 0 Å². The zero-order chi connectivity index (χ0) is 21.4. The summed E-state index contributed by atoms with van der Waals surface area (Å²) in [5, 5.41) is 16.9. The van der Waals surface area contributed by atoms with Gasteiger partial charge >= 0.3 is 0 Å². The molecule has 8 nitrogen and oxygen atoms in total. The molecule has 2 N–H and O–H groups in total. The van der Waals surface area contributed by atoms with E-state index in [1.165, 1.54) is 0 Å². The second-order valence-corrected chi connectivity index (χ2v) is 7.39. The molecule has 3 aromatic heterocycles. The van der Waals surface area contributed by atoms with Gasteiger partial charge in [0.1, 0.15) is 17.4 Å². The van der Waals surface area contributed by atoms with Crippen molar-refractivity contribution in [2.75, 3.05) is 17.7 Å². The highest BCUT2D eigenvalue weighted by atomic mass is 16.5. The van der Waals surface area contributed by atoms with Crippen LogP contribution in [0.2, 0.25) is 0 Å². The topological polar surface area (TPSA) is 81.8 Å². The van der Waals surface area contributed by atoms with Crippen molar-refractivity contribution in [3.05, 3.63) is 47.3 Å². The van der Waals surface area contributed by atoms with Crippen molar-refractivity contribution in [2.45, 2.75) is 34.2 Å². The molecule has 0 saturated carbocycles. The first-order valence-corrected chi connectivity index (χ1v) is 9.96. The Bertz CT molecular complexity index is 1200. The molecular formula is C22H27N7O. The molecule has 4 rings (SSSR count). The predicted octanol–water partition coefficient (Wildman–Crippen LogP) is 4.61. The Labute approximate surface area is 175 Å². The monoisotopic (exact) mass is 405 g/mol. The Morgan fingerprint density at radius 1 is 1.07 bits per heavy atom. The third-order valence-corrected chi connectivity index (χ3v) is 5.39. The average Bonchev–Trinajstić information content (AvgIpc) is 3.25. The number of rotatable bonds is 6. The van der Waals surface area contributed by atoms with E-state index in [4.69, 9.17) is 9.84 Å². The van der Waals surface area contributed by atoms with Crippen LogP contribution in [-0.4, -0.2) is 31.7 Å². The summed E-state index contributed by atoms with van der Waals surface area (Å²) >= 11 is 0. The molecule has 0 bridgehead atoms. The van der Waals surface area contributed by atoms with Crippen LogP contribution in [0.15, 0.2) is 30.6 Å². The molecule has 8 heteroatoms. The van der Waals surface area contributed by atoms with E-state index in [1.807, 2.05) is 56.2 Å². The summed E-state index contributed by atoms with van der Waals surface area (Å²) < 4.78 is 9.27. The van der Waals surface area contributed by atoms with E-state index in [9.17, 15) is 0 Å². The van der Waals surface area contributed by atoms with Crippen LogP contribution in [0.25, 0.3) is 10.9 Å². The van der Waals surface area contributed by atoms with E-state index in [1.54, 1.807) is 11.8 Å². The molecule has 4 aromatic rings. The van der Waals surface area contributed by atoms with Gasteiger partial charge in [-0.1, -0.05) is 6.07 Å². The summed E-state index contributed by atoms with van der Waals surface area (Å²) in [6.45, 7) is 8.97. The van der Waals surface area contributed by atoms with Crippen LogP contribution in [0.5, 0.6) is 5.75 Å². The fraction of sp³-hybridized carbons (Fsp3) is 0.318. The van der Waals surface area contributed by atoms with Gasteiger partial charge in [0.15, 0.2) is 5.82 Å². The highest BCUT2D eigenvalue weighted by molar-refractivity contribution is 5.93. The van der Waals surface area contributed by atoms with Crippen LogP contribution in [-0.2, 0) is 13.6 Å². The van der Waals surface area contributed by atoms with E-state index < -0.39 is 0 Å². The van der Waals surface area contributed by atoms with Crippen LogP contribution in [0, 0.1) is 20.8 Å². The molecule has 0 aliphatic rings. The lowest BCUT2D eigenvalue weighted by molar-refractivity contribution is 0.412. The molecule has 0 aliphatic carbocycles. The highest BCUT2D eigenvalue weighted by Crippen LogP contribution is 2.34. The van der Waals surface area contributed by atoms with Crippen LogP contribution in [0.4, 0.5) is 23.1 Å². The average molecular weight is 406 g/mol. The lowest BCUT2D eigenvalue weighted by Crippen LogP contribution is -2.02. The lowest BCUT2D eigenvalue weighted by atomic mass is 10.1. The second-order valence-electron chi connectivity index (χ2n) is 7.39. The van der Waals surface area contributed by atoms with Crippen molar-refractivity contribution in [1.29, 1.82) is 0 Å². The van der Waals surface area contributed by atoms with Crippen LogP contribution < -0.4 is 15.4 Å². The van der Waals surface area contributed by atoms with E-state index in [2.05, 4.69) is 34.6 Å². The maximum absolute atomic E-state index is 5.48. The number of nitrogens with zero attached hydrogens (tertiary/aromatic N) is 5. The molecule has 0 amide bonds. The van der Waals surface area contributed by atoms with Crippen LogP contribution in [0.3, 0.4) is 0 Å². The SMILES string of the molecule is CCn1nc(Nc2c(C)ccc(OC)c2C)c2cnc(Nc3c(C)cnn3C)cc21. The number of hydrogen-bond acceptors (Lipinski definition) is 6. The Hall–Kier alpha value is -3.55. The number of nitrogens with one attached hydrogen (secondary N) is 2. The molecular weight excluding hydrogens is 378 g/mol. The first-order chi connectivity index (χ1) is 14.4. The number of anilines is 4. The molecule has 0 radical (unpaired) electrons. The van der Waals surface area contributed by atoms with Gasteiger partial charge in [-0.2, -0.15) is 10.2 Å². The smallest absolute Gasteiger partial charge is 0.161 e. The summed E-state index contributed by atoms with van der Waals surface area (Å²) in [6.07, 6.45) is 3.69.